The van der Waals surface area contributed by atoms with E-state index < -0.39 is 28.9 Å². The van der Waals surface area contributed by atoms with Gasteiger partial charge in [-0.05, 0) is 29.7 Å². The molecule has 1 aliphatic rings. The smallest absolute Gasteiger partial charge is 0.291 e. The van der Waals surface area contributed by atoms with Gasteiger partial charge in [-0.3, -0.25) is 14.4 Å². The molecule has 1 aliphatic heterocycles. The minimum absolute atomic E-state index is 0.0388. The molecule has 26 heavy (non-hydrogen) atoms. The lowest BCUT2D eigenvalue weighted by Crippen LogP contribution is -2.40. The van der Waals surface area contributed by atoms with E-state index in [0.29, 0.717) is 11.1 Å². The largest absolute Gasteiger partial charge is 0.502 e. The van der Waals surface area contributed by atoms with Gasteiger partial charge in [0.25, 0.3) is 17.4 Å². The Morgan fingerprint density at radius 1 is 1.42 bits per heavy atom. The minimum Gasteiger partial charge on any atom is -0.502 e. The van der Waals surface area contributed by atoms with Gasteiger partial charge in [0.1, 0.15) is 11.5 Å². The van der Waals surface area contributed by atoms with Crippen LogP contribution >= 0.6 is 11.6 Å². The van der Waals surface area contributed by atoms with Crippen molar-refractivity contribution in [3.63, 3.8) is 0 Å². The predicted octanol–water partition coefficient (Wildman–Crippen LogP) is 1.43. The van der Waals surface area contributed by atoms with Crippen molar-refractivity contribution in [2.24, 2.45) is 0 Å². The summed E-state index contributed by atoms with van der Waals surface area (Å²) in [5, 5.41) is 12.4. The number of fused-ring (bicyclic) bond motifs is 1. The molecule has 0 fully saturated rings. The number of nitrogens with one attached hydrogen (secondary N) is 2. The van der Waals surface area contributed by atoms with Gasteiger partial charge in [0, 0.05) is 20.1 Å². The van der Waals surface area contributed by atoms with Crippen LogP contribution in [0.3, 0.4) is 0 Å². The number of benzene rings is 1. The highest BCUT2D eigenvalue weighted by Crippen LogP contribution is 2.28. The van der Waals surface area contributed by atoms with Gasteiger partial charge in [0.2, 0.25) is 0 Å². The van der Waals surface area contributed by atoms with Gasteiger partial charge in [-0.25, -0.2) is 4.39 Å². The van der Waals surface area contributed by atoms with Crippen molar-refractivity contribution in [1.29, 1.82) is 0 Å². The molecule has 0 unspecified atom stereocenters. The molecule has 1 aromatic carbocycles. The summed E-state index contributed by atoms with van der Waals surface area (Å²) in [5.74, 6) is -2.42. The van der Waals surface area contributed by atoms with Gasteiger partial charge in [0.15, 0.2) is 5.75 Å². The van der Waals surface area contributed by atoms with Gasteiger partial charge in [-0.2, -0.15) is 0 Å². The first kappa shape index (κ1) is 17.9. The first-order valence-electron chi connectivity index (χ1n) is 7.77. The summed E-state index contributed by atoms with van der Waals surface area (Å²) >= 11 is 5.76. The third kappa shape index (κ3) is 3.03. The molecular weight excluding hydrogens is 365 g/mol. The van der Waals surface area contributed by atoms with E-state index in [1.807, 2.05) is 0 Å². The molecule has 7 nitrogen and oxygen atoms in total. The fourth-order valence-corrected chi connectivity index (χ4v) is 3.15. The summed E-state index contributed by atoms with van der Waals surface area (Å²) in [6.07, 6.45) is 0.267. The lowest BCUT2D eigenvalue weighted by atomic mass is 9.96. The van der Waals surface area contributed by atoms with Crippen LogP contribution in [-0.4, -0.2) is 40.4 Å². The SMILES string of the molecule is CNC(=O)c1[nH]c(=O)c(O)c2c1CCN(Cc1ccc(F)c(Cl)c1)C2=O. The number of carbonyl (C=O) groups excluding carboxylic acids is 2. The van der Waals surface area contributed by atoms with Crippen molar-refractivity contribution >= 4 is 23.4 Å². The van der Waals surface area contributed by atoms with E-state index in [4.69, 9.17) is 11.6 Å². The summed E-state index contributed by atoms with van der Waals surface area (Å²) in [5.41, 5.74) is -0.249. The van der Waals surface area contributed by atoms with E-state index in [1.165, 1.54) is 30.1 Å². The molecule has 2 heterocycles. The van der Waals surface area contributed by atoms with Crippen LogP contribution in [0.1, 0.15) is 32.0 Å². The highest BCUT2D eigenvalue weighted by atomic mass is 35.5. The number of pyridine rings is 1. The molecule has 3 N–H and O–H groups in total. The number of amides is 2. The zero-order chi connectivity index (χ0) is 19.0. The van der Waals surface area contributed by atoms with E-state index in [1.54, 1.807) is 0 Å². The van der Waals surface area contributed by atoms with Crippen LogP contribution in [-0.2, 0) is 13.0 Å². The van der Waals surface area contributed by atoms with E-state index in [2.05, 4.69) is 10.3 Å². The van der Waals surface area contributed by atoms with Crippen molar-refractivity contribution in [2.75, 3.05) is 13.6 Å². The highest BCUT2D eigenvalue weighted by molar-refractivity contribution is 6.30. The van der Waals surface area contributed by atoms with Crippen molar-refractivity contribution in [1.82, 2.24) is 15.2 Å². The Balaban J connectivity index is 1.99. The van der Waals surface area contributed by atoms with Crippen molar-refractivity contribution in [3.05, 3.63) is 61.8 Å². The van der Waals surface area contributed by atoms with Crippen molar-refractivity contribution in [2.45, 2.75) is 13.0 Å². The van der Waals surface area contributed by atoms with Gasteiger partial charge >= 0.3 is 0 Å². The number of rotatable bonds is 3. The number of carbonyl (C=O) groups is 2. The van der Waals surface area contributed by atoms with Crippen LogP contribution in [0.2, 0.25) is 5.02 Å². The summed E-state index contributed by atoms with van der Waals surface area (Å²) in [6, 6.07) is 4.11. The Labute approximate surface area is 152 Å². The van der Waals surface area contributed by atoms with Crippen LogP contribution in [0.25, 0.3) is 0 Å². The predicted molar refractivity (Wildman–Crippen MR) is 92.0 cm³/mol. The lowest BCUT2D eigenvalue weighted by Gasteiger charge is -2.29. The van der Waals surface area contributed by atoms with Gasteiger partial charge in [-0.15, -0.1) is 0 Å². The zero-order valence-electron chi connectivity index (χ0n) is 13.7. The summed E-state index contributed by atoms with van der Waals surface area (Å²) in [4.78, 5) is 40.4. The third-order valence-electron chi connectivity index (χ3n) is 4.24. The normalized spacial score (nSPS) is 13.5. The van der Waals surface area contributed by atoms with E-state index >= 15 is 0 Å². The summed E-state index contributed by atoms with van der Waals surface area (Å²) < 4.78 is 13.3. The van der Waals surface area contributed by atoms with Gasteiger partial charge < -0.3 is 20.3 Å². The maximum atomic E-state index is 13.3. The maximum absolute atomic E-state index is 13.3. The number of hydrogen-bond acceptors (Lipinski definition) is 4. The highest BCUT2D eigenvalue weighted by Gasteiger charge is 2.32. The number of nitrogens with zero attached hydrogens (tertiary/aromatic N) is 1. The van der Waals surface area contributed by atoms with Crippen LogP contribution in [0.5, 0.6) is 5.75 Å². The fourth-order valence-electron chi connectivity index (χ4n) is 2.94. The molecule has 9 heteroatoms. The first-order valence-corrected chi connectivity index (χ1v) is 8.14. The molecule has 0 saturated heterocycles. The van der Waals surface area contributed by atoms with Crippen molar-refractivity contribution in [3.8, 4) is 5.75 Å². The molecule has 0 atom stereocenters. The molecule has 2 aromatic rings. The molecular formula is C17H15ClFN3O4. The molecule has 3 rings (SSSR count). The monoisotopic (exact) mass is 379 g/mol. The number of aromatic hydroxyl groups is 1. The van der Waals surface area contributed by atoms with Crippen LogP contribution in [0, 0.1) is 5.82 Å². The summed E-state index contributed by atoms with van der Waals surface area (Å²) in [7, 11) is 1.40. The molecule has 2 amide bonds. The van der Waals surface area contributed by atoms with Gasteiger partial charge in [0.05, 0.1) is 10.6 Å². The topological polar surface area (TPSA) is 102 Å². The molecule has 0 radical (unpaired) electrons. The molecule has 1 aromatic heterocycles. The average Bonchev–Trinajstić information content (AvgIpc) is 2.62. The third-order valence-corrected chi connectivity index (χ3v) is 4.53. The number of aromatic amines is 1. The number of halogens is 2. The summed E-state index contributed by atoms with van der Waals surface area (Å²) in [6.45, 7) is 0.385. The van der Waals surface area contributed by atoms with E-state index in [9.17, 15) is 23.9 Å². The van der Waals surface area contributed by atoms with E-state index in [-0.39, 0.29) is 35.8 Å². The molecule has 0 saturated carbocycles. The second-order valence-corrected chi connectivity index (χ2v) is 6.24. The quantitative estimate of drug-likeness (QED) is 0.750. The van der Waals surface area contributed by atoms with Gasteiger partial charge in [-0.1, -0.05) is 17.7 Å². The zero-order valence-corrected chi connectivity index (χ0v) is 14.5. The number of aromatic nitrogens is 1. The van der Waals surface area contributed by atoms with Crippen molar-refractivity contribution < 1.29 is 19.1 Å². The maximum Gasteiger partial charge on any atom is 0.291 e. The Bertz CT molecular complexity index is 973. The molecule has 0 spiro atoms. The van der Waals surface area contributed by atoms with Crippen LogP contribution in [0.4, 0.5) is 4.39 Å². The number of hydrogen-bond donors (Lipinski definition) is 3. The molecule has 0 bridgehead atoms. The van der Waals surface area contributed by atoms with Crippen LogP contribution in [0.15, 0.2) is 23.0 Å². The standard InChI is InChI=1S/C17H15ClFN3O4/c1-20-15(24)13-9-4-5-22(7-8-2-3-11(19)10(18)6-8)17(26)12(9)14(23)16(25)21-13/h2-3,6,23H,4-5,7H2,1H3,(H,20,24)(H,21,25). The molecule has 0 aliphatic carbocycles. The number of H-pyrrole nitrogens is 1. The fraction of sp³-hybridized carbons (Fsp3) is 0.235. The van der Waals surface area contributed by atoms with Crippen LogP contribution < -0.4 is 10.9 Å². The average molecular weight is 380 g/mol. The second-order valence-electron chi connectivity index (χ2n) is 5.84. The van der Waals surface area contributed by atoms with E-state index in [0.717, 1.165) is 0 Å². The molecule has 136 valence electrons. The Kier molecular flexibility index (Phi) is 4.69. The Morgan fingerprint density at radius 3 is 2.81 bits per heavy atom. The Hall–Kier alpha value is -2.87. The second kappa shape index (κ2) is 6.80. The first-order chi connectivity index (χ1) is 12.3. The minimum atomic E-state index is -0.914. The Morgan fingerprint density at radius 2 is 2.15 bits per heavy atom. The lowest BCUT2D eigenvalue weighted by molar-refractivity contribution is 0.0722.